The monoisotopic (exact) mass is 378 g/mol. The first-order valence-electron chi connectivity index (χ1n) is 8.45. The fourth-order valence-corrected chi connectivity index (χ4v) is 4.13. The van der Waals surface area contributed by atoms with E-state index in [9.17, 15) is 35.7 Å². The van der Waals surface area contributed by atoms with Gasteiger partial charge in [0.25, 0.3) is 0 Å². The van der Waals surface area contributed by atoms with Gasteiger partial charge in [0, 0.05) is 6.42 Å². The Labute approximate surface area is 149 Å². The molecule has 0 amide bonds. The molecule has 10 atom stereocenters. The molecule has 150 valence electrons. The minimum Gasteiger partial charge on any atom is -0.472 e. The molecule has 1 aliphatic carbocycles. The van der Waals surface area contributed by atoms with Gasteiger partial charge in [-0.15, -0.1) is 0 Å². The number of aliphatic hydroxyl groups excluding tert-OH is 5. The SMILES string of the molecule is CC1=CO[C@@H](O[C@H]2O[C@@H](CO)[C@@H](O)[C@@H](O)[C@@H]2O)[C@H]2[C@]1(O)[C@H](O)C[C@]2(C)O. The van der Waals surface area contributed by atoms with Crippen LogP contribution in [0.1, 0.15) is 20.3 Å². The van der Waals surface area contributed by atoms with Crippen molar-refractivity contribution in [2.75, 3.05) is 6.61 Å². The molecule has 7 N–H and O–H groups in total. The lowest BCUT2D eigenvalue weighted by molar-refractivity contribution is -0.352. The van der Waals surface area contributed by atoms with Crippen LogP contribution < -0.4 is 0 Å². The molecule has 10 heteroatoms. The van der Waals surface area contributed by atoms with E-state index in [2.05, 4.69) is 0 Å². The third-order valence-corrected chi connectivity index (χ3v) is 5.66. The molecule has 0 bridgehead atoms. The molecular weight excluding hydrogens is 352 g/mol. The van der Waals surface area contributed by atoms with Gasteiger partial charge in [-0.25, -0.2) is 0 Å². The largest absolute Gasteiger partial charge is 0.472 e. The Morgan fingerprint density at radius 3 is 2.38 bits per heavy atom. The predicted octanol–water partition coefficient (Wildman–Crippen LogP) is -3.07. The molecule has 3 aliphatic rings. The average Bonchev–Trinajstić information content (AvgIpc) is 2.77. The summed E-state index contributed by atoms with van der Waals surface area (Å²) in [7, 11) is 0. The highest BCUT2D eigenvalue weighted by molar-refractivity contribution is 5.28. The number of hydrogen-bond acceptors (Lipinski definition) is 10. The summed E-state index contributed by atoms with van der Waals surface area (Å²) in [5.74, 6) is -1.11. The third-order valence-electron chi connectivity index (χ3n) is 5.66. The molecular formula is C16H26O10. The van der Waals surface area contributed by atoms with Crippen LogP contribution in [0.2, 0.25) is 0 Å². The Bertz CT molecular complexity index is 563. The molecule has 2 fully saturated rings. The van der Waals surface area contributed by atoms with Gasteiger partial charge in [0.05, 0.1) is 30.5 Å². The summed E-state index contributed by atoms with van der Waals surface area (Å²) in [5, 5.41) is 70.9. The summed E-state index contributed by atoms with van der Waals surface area (Å²) in [5.41, 5.74) is -3.05. The van der Waals surface area contributed by atoms with E-state index in [0.717, 1.165) is 0 Å². The molecule has 2 heterocycles. The Morgan fingerprint density at radius 1 is 1.12 bits per heavy atom. The van der Waals surface area contributed by atoms with Crippen molar-refractivity contribution in [3.05, 3.63) is 11.8 Å². The maximum Gasteiger partial charge on any atom is 0.210 e. The molecule has 0 aromatic carbocycles. The summed E-state index contributed by atoms with van der Waals surface area (Å²) >= 11 is 0. The summed E-state index contributed by atoms with van der Waals surface area (Å²) < 4.78 is 16.3. The minimum atomic E-state index is -1.81. The molecule has 0 aromatic heterocycles. The third kappa shape index (κ3) is 2.86. The second-order valence-corrected chi connectivity index (χ2v) is 7.52. The van der Waals surface area contributed by atoms with Crippen LogP contribution in [0.25, 0.3) is 0 Å². The van der Waals surface area contributed by atoms with E-state index >= 15 is 0 Å². The van der Waals surface area contributed by atoms with Gasteiger partial charge in [-0.1, -0.05) is 0 Å². The average molecular weight is 378 g/mol. The predicted molar refractivity (Wildman–Crippen MR) is 83.2 cm³/mol. The number of fused-ring (bicyclic) bond motifs is 1. The molecule has 2 aliphatic heterocycles. The van der Waals surface area contributed by atoms with E-state index in [0.29, 0.717) is 5.57 Å². The van der Waals surface area contributed by atoms with Crippen LogP contribution in [0.5, 0.6) is 0 Å². The normalized spacial score (nSPS) is 54.4. The van der Waals surface area contributed by atoms with Gasteiger partial charge in [0.15, 0.2) is 6.29 Å². The Balaban J connectivity index is 1.85. The van der Waals surface area contributed by atoms with E-state index in [1.807, 2.05) is 0 Å². The molecule has 0 aromatic rings. The van der Waals surface area contributed by atoms with E-state index in [1.165, 1.54) is 13.2 Å². The van der Waals surface area contributed by atoms with Gasteiger partial charge in [-0.05, 0) is 19.4 Å². The van der Waals surface area contributed by atoms with Crippen molar-refractivity contribution in [3.8, 4) is 0 Å². The van der Waals surface area contributed by atoms with Crippen molar-refractivity contribution in [1.82, 2.24) is 0 Å². The van der Waals surface area contributed by atoms with E-state index in [-0.39, 0.29) is 6.42 Å². The summed E-state index contributed by atoms with van der Waals surface area (Å²) in [6.45, 7) is 2.34. The standard InChI is InChI=1S/C16H26O10/c1-6-5-24-14(12-15(2,22)3-8(18)16(6,12)23)26-13-11(21)10(20)9(19)7(4-17)25-13/h5,7-14,17-23H,3-4H2,1-2H3/t7-,8+,9+,10+,11-,12+,13+,14-,15-,16+/m0/s1. The van der Waals surface area contributed by atoms with Crippen LogP contribution in [0.3, 0.4) is 0 Å². The Kier molecular flexibility index (Phi) is 5.10. The minimum absolute atomic E-state index is 0.128. The lowest BCUT2D eigenvalue weighted by Crippen LogP contribution is -2.62. The highest BCUT2D eigenvalue weighted by Crippen LogP contribution is 2.52. The number of hydrogen-bond donors (Lipinski definition) is 7. The summed E-state index contributed by atoms with van der Waals surface area (Å²) in [6, 6.07) is 0. The molecule has 3 rings (SSSR count). The fourth-order valence-electron chi connectivity index (χ4n) is 4.13. The van der Waals surface area contributed by atoms with Crippen LogP contribution >= 0.6 is 0 Å². The second kappa shape index (κ2) is 6.66. The van der Waals surface area contributed by atoms with Crippen molar-refractivity contribution in [2.24, 2.45) is 5.92 Å². The van der Waals surface area contributed by atoms with Crippen LogP contribution in [0.4, 0.5) is 0 Å². The van der Waals surface area contributed by atoms with Gasteiger partial charge < -0.3 is 50.0 Å². The van der Waals surface area contributed by atoms with Gasteiger partial charge >= 0.3 is 0 Å². The van der Waals surface area contributed by atoms with E-state index < -0.39 is 66.8 Å². The van der Waals surface area contributed by atoms with Gasteiger partial charge in [-0.2, -0.15) is 0 Å². The quantitative estimate of drug-likeness (QED) is 0.267. The zero-order valence-electron chi connectivity index (χ0n) is 14.5. The zero-order chi connectivity index (χ0) is 19.4. The summed E-state index contributed by atoms with van der Waals surface area (Å²) in [4.78, 5) is 0. The summed E-state index contributed by atoms with van der Waals surface area (Å²) in [6.07, 6.45) is -9.04. The highest BCUT2D eigenvalue weighted by atomic mass is 16.8. The van der Waals surface area contributed by atoms with Crippen molar-refractivity contribution in [1.29, 1.82) is 0 Å². The first-order valence-corrected chi connectivity index (χ1v) is 8.45. The lowest BCUT2D eigenvalue weighted by Gasteiger charge is -2.46. The Morgan fingerprint density at radius 2 is 1.77 bits per heavy atom. The van der Waals surface area contributed by atoms with Crippen molar-refractivity contribution in [2.45, 2.75) is 74.6 Å². The molecule has 1 saturated carbocycles. The number of aliphatic hydroxyl groups is 7. The molecule has 0 radical (unpaired) electrons. The molecule has 26 heavy (non-hydrogen) atoms. The smallest absolute Gasteiger partial charge is 0.210 e. The molecule has 1 saturated heterocycles. The van der Waals surface area contributed by atoms with E-state index in [4.69, 9.17) is 14.2 Å². The van der Waals surface area contributed by atoms with Crippen molar-refractivity contribution >= 4 is 0 Å². The van der Waals surface area contributed by atoms with Crippen LogP contribution in [0.15, 0.2) is 11.8 Å². The topological polar surface area (TPSA) is 169 Å². The second-order valence-electron chi connectivity index (χ2n) is 7.52. The zero-order valence-corrected chi connectivity index (χ0v) is 14.5. The van der Waals surface area contributed by atoms with Gasteiger partial charge in [-0.3, -0.25) is 0 Å². The van der Waals surface area contributed by atoms with Gasteiger partial charge in [0.1, 0.15) is 30.0 Å². The molecule has 0 spiro atoms. The fraction of sp³-hybridized carbons (Fsp3) is 0.875. The molecule has 10 nitrogen and oxygen atoms in total. The number of ether oxygens (including phenoxy) is 3. The maximum absolute atomic E-state index is 11.0. The van der Waals surface area contributed by atoms with Crippen LogP contribution in [-0.4, -0.2) is 96.7 Å². The maximum atomic E-state index is 11.0. The van der Waals surface area contributed by atoms with Gasteiger partial charge in [0.2, 0.25) is 6.29 Å². The number of rotatable bonds is 3. The van der Waals surface area contributed by atoms with Crippen LogP contribution in [0, 0.1) is 5.92 Å². The molecule has 0 unspecified atom stereocenters. The van der Waals surface area contributed by atoms with Crippen LogP contribution in [-0.2, 0) is 14.2 Å². The Hall–Kier alpha value is -0.820. The first kappa shape index (κ1) is 19.9. The van der Waals surface area contributed by atoms with Crippen molar-refractivity contribution in [3.63, 3.8) is 0 Å². The van der Waals surface area contributed by atoms with Crippen molar-refractivity contribution < 1.29 is 50.0 Å². The van der Waals surface area contributed by atoms with E-state index in [1.54, 1.807) is 6.92 Å². The lowest BCUT2D eigenvalue weighted by atomic mass is 9.77. The first-order chi connectivity index (χ1) is 12.0. The highest BCUT2D eigenvalue weighted by Gasteiger charge is 2.66.